The maximum absolute atomic E-state index is 12.2. The first kappa shape index (κ1) is 14.9. The van der Waals surface area contributed by atoms with Crippen molar-refractivity contribution in [2.75, 3.05) is 12.3 Å². The van der Waals surface area contributed by atoms with E-state index in [0.717, 1.165) is 12.0 Å². The lowest BCUT2D eigenvalue weighted by atomic mass is 9.94. The third kappa shape index (κ3) is 2.82. The number of hydrogen-bond donors (Lipinski definition) is 1. The SMILES string of the molecule is CC(=O)C1(CS)CCCN1C(=O)OCc1ccccc1. The summed E-state index contributed by atoms with van der Waals surface area (Å²) < 4.78 is 5.32. The van der Waals surface area contributed by atoms with Gasteiger partial charge in [-0.2, -0.15) is 12.6 Å². The summed E-state index contributed by atoms with van der Waals surface area (Å²) in [5.41, 5.74) is 0.135. The van der Waals surface area contributed by atoms with Crippen molar-refractivity contribution in [1.29, 1.82) is 0 Å². The number of benzene rings is 1. The van der Waals surface area contributed by atoms with Gasteiger partial charge in [0.1, 0.15) is 12.1 Å². The van der Waals surface area contributed by atoms with Crippen LogP contribution >= 0.6 is 12.6 Å². The van der Waals surface area contributed by atoms with Crippen molar-refractivity contribution in [1.82, 2.24) is 4.90 Å². The number of rotatable bonds is 4. The van der Waals surface area contributed by atoms with Crippen molar-refractivity contribution in [3.05, 3.63) is 35.9 Å². The van der Waals surface area contributed by atoms with Crippen LogP contribution in [0.1, 0.15) is 25.3 Å². The molecule has 0 spiro atoms. The molecule has 0 aliphatic carbocycles. The van der Waals surface area contributed by atoms with E-state index in [1.165, 1.54) is 11.8 Å². The molecular formula is C15H19NO3S. The Labute approximate surface area is 124 Å². The Hall–Kier alpha value is -1.49. The molecule has 20 heavy (non-hydrogen) atoms. The summed E-state index contributed by atoms with van der Waals surface area (Å²) in [6.07, 6.45) is 1.03. The molecule has 0 saturated carbocycles. The van der Waals surface area contributed by atoms with Crippen LogP contribution in [0.5, 0.6) is 0 Å². The van der Waals surface area contributed by atoms with E-state index in [2.05, 4.69) is 12.6 Å². The topological polar surface area (TPSA) is 46.6 Å². The van der Waals surface area contributed by atoms with Crippen LogP contribution in [0.3, 0.4) is 0 Å². The highest BCUT2D eigenvalue weighted by atomic mass is 32.1. The molecule has 0 aromatic heterocycles. The Morgan fingerprint density at radius 1 is 1.35 bits per heavy atom. The number of carbonyl (C=O) groups is 2. The fourth-order valence-corrected chi connectivity index (χ4v) is 3.14. The molecule has 0 bridgehead atoms. The van der Waals surface area contributed by atoms with E-state index in [-0.39, 0.29) is 12.4 Å². The van der Waals surface area contributed by atoms with Gasteiger partial charge in [0.15, 0.2) is 5.78 Å². The molecule has 4 nitrogen and oxygen atoms in total. The number of hydrogen-bond acceptors (Lipinski definition) is 4. The zero-order valence-corrected chi connectivity index (χ0v) is 12.4. The van der Waals surface area contributed by atoms with Gasteiger partial charge < -0.3 is 4.74 Å². The van der Waals surface area contributed by atoms with Crippen molar-refractivity contribution in [3.63, 3.8) is 0 Å². The molecule has 0 N–H and O–H groups in total. The highest BCUT2D eigenvalue weighted by Gasteiger charge is 2.47. The van der Waals surface area contributed by atoms with Crippen molar-refractivity contribution >= 4 is 24.5 Å². The van der Waals surface area contributed by atoms with E-state index in [1.54, 1.807) is 0 Å². The second-order valence-electron chi connectivity index (χ2n) is 5.04. The van der Waals surface area contributed by atoms with Crippen LogP contribution in [-0.2, 0) is 16.1 Å². The number of ketones is 1. The first-order valence-corrected chi connectivity index (χ1v) is 7.33. The highest BCUT2D eigenvalue weighted by Crippen LogP contribution is 2.32. The van der Waals surface area contributed by atoms with E-state index >= 15 is 0 Å². The molecule has 1 saturated heterocycles. The average molecular weight is 293 g/mol. The number of nitrogens with zero attached hydrogens (tertiary/aromatic N) is 1. The number of amides is 1. The monoisotopic (exact) mass is 293 g/mol. The quantitative estimate of drug-likeness (QED) is 0.868. The Kier molecular flexibility index (Phi) is 4.70. The van der Waals surface area contributed by atoms with E-state index in [9.17, 15) is 9.59 Å². The van der Waals surface area contributed by atoms with Gasteiger partial charge >= 0.3 is 6.09 Å². The van der Waals surface area contributed by atoms with Gasteiger partial charge in [-0.1, -0.05) is 30.3 Å². The van der Waals surface area contributed by atoms with E-state index in [4.69, 9.17) is 4.74 Å². The van der Waals surface area contributed by atoms with Crippen LogP contribution in [0, 0.1) is 0 Å². The normalized spacial score (nSPS) is 21.8. The first-order chi connectivity index (χ1) is 9.60. The third-order valence-corrected chi connectivity index (χ3v) is 4.35. The van der Waals surface area contributed by atoms with Gasteiger partial charge in [-0.05, 0) is 25.3 Å². The number of carbonyl (C=O) groups excluding carboxylic acids is 2. The molecule has 1 fully saturated rings. The maximum Gasteiger partial charge on any atom is 0.410 e. The number of thiol groups is 1. The molecule has 1 atom stereocenters. The van der Waals surface area contributed by atoms with Crippen LogP contribution in [-0.4, -0.2) is 34.6 Å². The molecular weight excluding hydrogens is 274 g/mol. The minimum Gasteiger partial charge on any atom is -0.445 e. The summed E-state index contributed by atoms with van der Waals surface area (Å²) in [5, 5.41) is 0. The minimum absolute atomic E-state index is 0.0262. The third-order valence-electron chi connectivity index (χ3n) is 3.83. The van der Waals surface area contributed by atoms with Crippen LogP contribution in [0.15, 0.2) is 30.3 Å². The highest BCUT2D eigenvalue weighted by molar-refractivity contribution is 7.80. The Morgan fingerprint density at radius 2 is 2.05 bits per heavy atom. The summed E-state index contributed by atoms with van der Waals surface area (Å²) in [6, 6.07) is 9.49. The molecule has 1 aliphatic heterocycles. The van der Waals surface area contributed by atoms with Gasteiger partial charge in [0.2, 0.25) is 0 Å². The van der Waals surface area contributed by atoms with Crippen molar-refractivity contribution in [3.8, 4) is 0 Å². The Morgan fingerprint density at radius 3 is 2.65 bits per heavy atom. The first-order valence-electron chi connectivity index (χ1n) is 6.70. The lowest BCUT2D eigenvalue weighted by Crippen LogP contribution is -2.53. The van der Waals surface area contributed by atoms with Gasteiger partial charge in [0.05, 0.1) is 0 Å². The van der Waals surface area contributed by atoms with Gasteiger partial charge in [0, 0.05) is 12.3 Å². The van der Waals surface area contributed by atoms with Crippen molar-refractivity contribution in [2.24, 2.45) is 0 Å². The number of ether oxygens (including phenoxy) is 1. The van der Waals surface area contributed by atoms with E-state index in [0.29, 0.717) is 18.7 Å². The molecule has 1 amide bonds. The van der Waals surface area contributed by atoms with Gasteiger partial charge in [-0.3, -0.25) is 9.69 Å². The van der Waals surface area contributed by atoms with Gasteiger partial charge in [0.25, 0.3) is 0 Å². The zero-order chi connectivity index (χ0) is 14.6. The lowest BCUT2D eigenvalue weighted by molar-refractivity contribution is -0.125. The summed E-state index contributed by atoms with van der Waals surface area (Å²) in [5.74, 6) is 0.310. The molecule has 1 aromatic carbocycles. The second-order valence-corrected chi connectivity index (χ2v) is 5.36. The largest absolute Gasteiger partial charge is 0.445 e. The van der Waals surface area contributed by atoms with Crippen molar-refractivity contribution in [2.45, 2.75) is 31.9 Å². The van der Waals surface area contributed by atoms with E-state index < -0.39 is 11.6 Å². The standard InChI is InChI=1S/C15H19NO3S/c1-12(17)15(11-20)8-5-9-16(15)14(18)19-10-13-6-3-2-4-7-13/h2-4,6-7,20H,5,8-11H2,1H3. The molecule has 5 heteroatoms. The smallest absolute Gasteiger partial charge is 0.410 e. The predicted octanol–water partition coefficient (Wildman–Crippen LogP) is 2.68. The van der Waals surface area contributed by atoms with Crippen LogP contribution in [0.4, 0.5) is 4.79 Å². The van der Waals surface area contributed by atoms with E-state index in [1.807, 2.05) is 30.3 Å². The molecule has 1 aromatic rings. The molecule has 1 aliphatic rings. The summed E-state index contributed by atoms with van der Waals surface area (Å²) in [7, 11) is 0. The summed E-state index contributed by atoms with van der Waals surface area (Å²) >= 11 is 4.26. The Bertz CT molecular complexity index is 491. The molecule has 1 heterocycles. The number of likely N-dealkylation sites (tertiary alicyclic amines) is 1. The molecule has 108 valence electrons. The summed E-state index contributed by atoms with van der Waals surface area (Å²) in [4.78, 5) is 25.6. The van der Waals surface area contributed by atoms with Crippen LogP contribution < -0.4 is 0 Å². The second kappa shape index (κ2) is 6.31. The lowest BCUT2D eigenvalue weighted by Gasteiger charge is -2.34. The molecule has 0 radical (unpaired) electrons. The van der Waals surface area contributed by atoms with Gasteiger partial charge in [-0.25, -0.2) is 4.79 Å². The molecule has 2 rings (SSSR count). The van der Waals surface area contributed by atoms with Crippen molar-refractivity contribution < 1.29 is 14.3 Å². The number of Topliss-reactive ketones (excluding diaryl/α,β-unsaturated/α-hetero) is 1. The zero-order valence-electron chi connectivity index (χ0n) is 11.5. The van der Waals surface area contributed by atoms with Crippen LogP contribution in [0.2, 0.25) is 0 Å². The fraction of sp³-hybridized carbons (Fsp3) is 0.467. The Balaban J connectivity index is 2.03. The summed E-state index contributed by atoms with van der Waals surface area (Å²) in [6.45, 7) is 2.28. The minimum atomic E-state index is -0.795. The molecule has 1 unspecified atom stereocenters. The fourth-order valence-electron chi connectivity index (χ4n) is 2.58. The average Bonchev–Trinajstić information content (AvgIpc) is 2.91. The maximum atomic E-state index is 12.2. The van der Waals surface area contributed by atoms with Crippen LogP contribution in [0.25, 0.3) is 0 Å². The van der Waals surface area contributed by atoms with Gasteiger partial charge in [-0.15, -0.1) is 0 Å². The predicted molar refractivity (Wildman–Crippen MR) is 79.8 cm³/mol.